The van der Waals surface area contributed by atoms with Gasteiger partial charge in [-0.15, -0.1) is 0 Å². The second-order valence-electron chi connectivity index (χ2n) is 5.08. The highest BCUT2D eigenvalue weighted by molar-refractivity contribution is 6.43. The monoisotopic (exact) mass is 408 g/mol. The number of amides is 1. The van der Waals surface area contributed by atoms with Crippen LogP contribution in [0.3, 0.4) is 0 Å². The summed E-state index contributed by atoms with van der Waals surface area (Å²) >= 11 is 17.7. The molecule has 6 nitrogen and oxygen atoms in total. The summed E-state index contributed by atoms with van der Waals surface area (Å²) in [7, 11) is 0. The molecule has 9 heteroatoms. The summed E-state index contributed by atoms with van der Waals surface area (Å²) in [5.74, 6) is -0.197. The van der Waals surface area contributed by atoms with Crippen LogP contribution < -0.4 is 10.2 Å². The quantitative estimate of drug-likeness (QED) is 0.391. The standard InChI is InChI=1S/C17H11Cl3N4O2/c18-11-6-13(20)16(7-12(11)19)26-9-17(25)24-23-8-10-1-2-14-15(5-10)22-4-3-21-14/h1-8H,9H2,(H,24,25)/b23-8+. The van der Waals surface area contributed by atoms with Crippen molar-refractivity contribution in [2.24, 2.45) is 5.10 Å². The summed E-state index contributed by atoms with van der Waals surface area (Å²) in [6.45, 7) is -0.280. The Hall–Kier alpha value is -2.41. The fourth-order valence-corrected chi connectivity index (χ4v) is 2.62. The average Bonchev–Trinajstić information content (AvgIpc) is 2.63. The third-order valence-corrected chi connectivity index (χ3v) is 4.25. The minimum Gasteiger partial charge on any atom is -0.482 e. The first kappa shape index (κ1) is 18.4. The number of aromatic nitrogens is 2. The number of carbonyl (C=O) groups is 1. The Labute approximate surface area is 163 Å². The number of hydrogen-bond acceptors (Lipinski definition) is 5. The second kappa shape index (κ2) is 8.31. The highest BCUT2D eigenvalue weighted by Gasteiger charge is 2.09. The van der Waals surface area contributed by atoms with Crippen molar-refractivity contribution < 1.29 is 9.53 Å². The van der Waals surface area contributed by atoms with Crippen molar-refractivity contribution in [1.82, 2.24) is 15.4 Å². The molecule has 1 aromatic heterocycles. The molecule has 0 bridgehead atoms. The summed E-state index contributed by atoms with van der Waals surface area (Å²) in [6.07, 6.45) is 4.73. The summed E-state index contributed by atoms with van der Waals surface area (Å²) in [5.41, 5.74) is 4.65. The van der Waals surface area contributed by atoms with E-state index in [-0.39, 0.29) is 22.4 Å². The van der Waals surface area contributed by atoms with Gasteiger partial charge in [0.1, 0.15) is 5.75 Å². The summed E-state index contributed by atoms with van der Waals surface area (Å²) in [4.78, 5) is 20.2. The maximum Gasteiger partial charge on any atom is 0.277 e. The maximum atomic E-state index is 11.8. The number of ether oxygens (including phenoxy) is 1. The molecule has 3 aromatic rings. The van der Waals surface area contributed by atoms with Crippen LogP contribution in [0.4, 0.5) is 0 Å². The Morgan fingerprint density at radius 3 is 2.58 bits per heavy atom. The van der Waals surface area contributed by atoms with Crippen LogP contribution in [-0.4, -0.2) is 28.7 Å². The van der Waals surface area contributed by atoms with Gasteiger partial charge in [0.15, 0.2) is 6.61 Å². The Morgan fingerprint density at radius 2 is 1.77 bits per heavy atom. The number of hydrogen-bond donors (Lipinski definition) is 1. The molecule has 3 rings (SSSR count). The third-order valence-electron chi connectivity index (χ3n) is 3.23. The number of halogens is 3. The molecule has 2 aromatic carbocycles. The first-order valence-electron chi connectivity index (χ1n) is 7.33. The van der Waals surface area contributed by atoms with Gasteiger partial charge in [-0.25, -0.2) is 5.43 Å². The molecule has 0 aliphatic rings. The van der Waals surface area contributed by atoms with Gasteiger partial charge in [0.2, 0.25) is 0 Å². The highest BCUT2D eigenvalue weighted by Crippen LogP contribution is 2.33. The fourth-order valence-electron chi connectivity index (χ4n) is 2.03. The molecule has 0 radical (unpaired) electrons. The van der Waals surface area contributed by atoms with Gasteiger partial charge in [0.25, 0.3) is 5.91 Å². The van der Waals surface area contributed by atoms with E-state index >= 15 is 0 Å². The molecule has 0 aliphatic carbocycles. The molecule has 0 saturated carbocycles. The van der Waals surface area contributed by atoms with E-state index < -0.39 is 5.91 Å². The highest BCUT2D eigenvalue weighted by atomic mass is 35.5. The number of rotatable bonds is 5. The van der Waals surface area contributed by atoms with Crippen molar-refractivity contribution in [1.29, 1.82) is 0 Å². The Morgan fingerprint density at radius 1 is 1.04 bits per heavy atom. The van der Waals surface area contributed by atoms with Gasteiger partial charge in [0, 0.05) is 18.5 Å². The molecule has 0 fully saturated rings. The van der Waals surface area contributed by atoms with E-state index in [1.165, 1.54) is 18.3 Å². The van der Waals surface area contributed by atoms with Crippen LogP contribution in [-0.2, 0) is 4.79 Å². The molecule has 0 unspecified atom stereocenters. The number of nitrogens with one attached hydrogen (secondary N) is 1. The normalized spacial score (nSPS) is 11.0. The van der Waals surface area contributed by atoms with Gasteiger partial charge in [-0.3, -0.25) is 14.8 Å². The summed E-state index contributed by atoms with van der Waals surface area (Å²) in [6, 6.07) is 8.34. The smallest absolute Gasteiger partial charge is 0.277 e. The molecular weight excluding hydrogens is 399 g/mol. The SMILES string of the molecule is O=C(COc1cc(Cl)c(Cl)cc1Cl)N/N=C/c1ccc2nccnc2c1. The fraction of sp³-hybridized carbons (Fsp3) is 0.0588. The van der Waals surface area contributed by atoms with Crippen LogP contribution in [0.5, 0.6) is 5.75 Å². The lowest BCUT2D eigenvalue weighted by atomic mass is 10.2. The second-order valence-corrected chi connectivity index (χ2v) is 6.30. The third kappa shape index (κ3) is 4.60. The molecular formula is C17H11Cl3N4O2. The van der Waals surface area contributed by atoms with Crippen molar-refractivity contribution in [3.63, 3.8) is 0 Å². The largest absolute Gasteiger partial charge is 0.482 e. The number of carbonyl (C=O) groups excluding carboxylic acids is 1. The van der Waals surface area contributed by atoms with Gasteiger partial charge >= 0.3 is 0 Å². The molecule has 132 valence electrons. The molecule has 1 amide bonds. The van der Waals surface area contributed by atoms with Crippen molar-refractivity contribution >= 4 is 58.0 Å². The number of nitrogens with zero attached hydrogens (tertiary/aromatic N) is 3. The van der Waals surface area contributed by atoms with E-state index in [1.807, 2.05) is 18.2 Å². The van der Waals surface area contributed by atoms with Gasteiger partial charge in [-0.2, -0.15) is 5.10 Å². The molecule has 1 heterocycles. The van der Waals surface area contributed by atoms with E-state index in [4.69, 9.17) is 39.5 Å². The summed E-state index contributed by atoms with van der Waals surface area (Å²) < 4.78 is 5.32. The predicted octanol–water partition coefficient (Wildman–Crippen LogP) is 4.12. The lowest BCUT2D eigenvalue weighted by Crippen LogP contribution is -2.24. The van der Waals surface area contributed by atoms with Crippen molar-refractivity contribution in [3.8, 4) is 5.75 Å². The maximum absolute atomic E-state index is 11.8. The Kier molecular flexibility index (Phi) is 5.88. The lowest BCUT2D eigenvalue weighted by molar-refractivity contribution is -0.123. The molecule has 0 atom stereocenters. The topological polar surface area (TPSA) is 76.5 Å². The molecule has 0 aliphatic heterocycles. The van der Waals surface area contributed by atoms with E-state index in [0.29, 0.717) is 5.02 Å². The van der Waals surface area contributed by atoms with E-state index in [9.17, 15) is 4.79 Å². The van der Waals surface area contributed by atoms with Crippen LogP contribution in [0.2, 0.25) is 15.1 Å². The van der Waals surface area contributed by atoms with Crippen molar-refractivity contribution in [2.75, 3.05) is 6.61 Å². The van der Waals surface area contributed by atoms with Crippen LogP contribution in [0.1, 0.15) is 5.56 Å². The van der Waals surface area contributed by atoms with Crippen LogP contribution in [0.25, 0.3) is 11.0 Å². The first-order valence-corrected chi connectivity index (χ1v) is 8.46. The minimum atomic E-state index is -0.455. The average molecular weight is 410 g/mol. The van der Waals surface area contributed by atoms with E-state index in [2.05, 4.69) is 20.5 Å². The van der Waals surface area contributed by atoms with Gasteiger partial charge in [0.05, 0.1) is 32.3 Å². The molecule has 26 heavy (non-hydrogen) atoms. The van der Waals surface area contributed by atoms with Crippen LogP contribution in [0, 0.1) is 0 Å². The molecule has 1 N–H and O–H groups in total. The first-order chi connectivity index (χ1) is 12.5. The molecule has 0 spiro atoms. The zero-order valence-corrected chi connectivity index (χ0v) is 15.4. The van der Waals surface area contributed by atoms with Gasteiger partial charge in [-0.05, 0) is 23.8 Å². The zero-order chi connectivity index (χ0) is 18.5. The zero-order valence-electron chi connectivity index (χ0n) is 13.1. The number of hydrazone groups is 1. The lowest BCUT2D eigenvalue weighted by Gasteiger charge is -2.08. The number of benzene rings is 2. The molecule has 0 saturated heterocycles. The Balaban J connectivity index is 1.56. The minimum absolute atomic E-state index is 0.257. The number of fused-ring (bicyclic) bond motifs is 1. The van der Waals surface area contributed by atoms with E-state index in [0.717, 1.165) is 16.6 Å². The van der Waals surface area contributed by atoms with Gasteiger partial charge < -0.3 is 4.74 Å². The van der Waals surface area contributed by atoms with E-state index in [1.54, 1.807) is 12.4 Å². The van der Waals surface area contributed by atoms with Crippen LogP contribution in [0.15, 0.2) is 47.8 Å². The van der Waals surface area contributed by atoms with Crippen molar-refractivity contribution in [2.45, 2.75) is 0 Å². The summed E-state index contributed by atoms with van der Waals surface area (Å²) in [5, 5.41) is 4.72. The van der Waals surface area contributed by atoms with Gasteiger partial charge in [-0.1, -0.05) is 40.9 Å². The van der Waals surface area contributed by atoms with Crippen LogP contribution >= 0.6 is 34.8 Å². The predicted molar refractivity (Wildman–Crippen MR) is 102 cm³/mol. The Bertz CT molecular complexity index is 995. The van der Waals surface area contributed by atoms with Crippen molar-refractivity contribution in [3.05, 3.63) is 63.4 Å².